The maximum absolute atomic E-state index is 13.3. The fourth-order valence-electron chi connectivity index (χ4n) is 4.80. The number of ether oxygens (including phenoxy) is 1. The molecule has 3 heterocycles. The number of rotatable bonds is 6. The van der Waals surface area contributed by atoms with Crippen LogP contribution in [0.3, 0.4) is 0 Å². The molecule has 9 heteroatoms. The summed E-state index contributed by atoms with van der Waals surface area (Å²) in [6, 6.07) is 1.79. The highest BCUT2D eigenvalue weighted by molar-refractivity contribution is 9.11. The Morgan fingerprint density at radius 1 is 1.44 bits per heavy atom. The van der Waals surface area contributed by atoms with Gasteiger partial charge >= 0.3 is 6.09 Å². The van der Waals surface area contributed by atoms with E-state index in [9.17, 15) is 9.59 Å². The van der Waals surface area contributed by atoms with Crippen LogP contribution < -0.4 is 10.6 Å². The molecule has 2 N–H and O–H groups in total. The SMILES string of the molecule is CCC1C(Br)=Cc2sc(C3CN=C(C4CCCN4C(=O)C(NC(=O)OC)C(C)C)N3)cc21. The van der Waals surface area contributed by atoms with E-state index in [0.717, 1.165) is 25.1 Å². The number of thiophene rings is 1. The molecule has 32 heavy (non-hydrogen) atoms. The summed E-state index contributed by atoms with van der Waals surface area (Å²) in [6.45, 7) is 7.43. The van der Waals surface area contributed by atoms with Crippen LogP contribution in [0, 0.1) is 5.92 Å². The Bertz CT molecular complexity index is 957. The smallest absolute Gasteiger partial charge is 0.407 e. The van der Waals surface area contributed by atoms with Crippen molar-refractivity contribution in [2.75, 3.05) is 20.2 Å². The van der Waals surface area contributed by atoms with Gasteiger partial charge in [0.2, 0.25) is 5.91 Å². The summed E-state index contributed by atoms with van der Waals surface area (Å²) in [4.78, 5) is 34.4. The number of nitrogens with zero attached hydrogens (tertiary/aromatic N) is 2. The van der Waals surface area contributed by atoms with Gasteiger partial charge in [-0.15, -0.1) is 11.3 Å². The first-order valence-electron chi connectivity index (χ1n) is 11.3. The predicted octanol–water partition coefficient (Wildman–Crippen LogP) is 4.41. The molecule has 0 spiro atoms. The van der Waals surface area contributed by atoms with Crippen molar-refractivity contribution in [3.05, 3.63) is 25.9 Å². The van der Waals surface area contributed by atoms with E-state index in [2.05, 4.69) is 45.6 Å². The first-order chi connectivity index (χ1) is 15.3. The molecule has 1 saturated heterocycles. The Morgan fingerprint density at radius 2 is 2.22 bits per heavy atom. The van der Waals surface area contributed by atoms with Crippen LogP contribution in [-0.4, -0.2) is 55.0 Å². The summed E-state index contributed by atoms with van der Waals surface area (Å²) < 4.78 is 5.99. The number of methoxy groups -OCH3 is 1. The maximum Gasteiger partial charge on any atom is 0.407 e. The standard InChI is InChI=1S/C23H31BrN4O3S/c1-5-13-14-9-19(32-18(14)10-15(13)24)16-11-25-21(26-16)17-7-6-8-28(17)22(29)20(12(2)3)27-23(30)31-4/h9-10,12-13,16-17,20H,5-8,11H2,1-4H3,(H,25,26)(H,27,30). The van der Waals surface area contributed by atoms with Crippen molar-refractivity contribution < 1.29 is 14.3 Å². The highest BCUT2D eigenvalue weighted by Gasteiger charge is 2.40. The molecule has 0 aromatic carbocycles. The number of fused-ring (bicyclic) bond motifs is 1. The van der Waals surface area contributed by atoms with E-state index in [0.29, 0.717) is 19.0 Å². The second kappa shape index (κ2) is 9.55. The highest BCUT2D eigenvalue weighted by Crippen LogP contribution is 2.46. The Balaban J connectivity index is 1.45. The van der Waals surface area contributed by atoms with Crippen molar-refractivity contribution in [3.8, 4) is 0 Å². The molecule has 174 valence electrons. The van der Waals surface area contributed by atoms with Crippen LogP contribution in [-0.2, 0) is 9.53 Å². The second-order valence-corrected chi connectivity index (χ2v) is 11.0. The fourth-order valence-corrected chi connectivity index (χ4v) is 6.97. The summed E-state index contributed by atoms with van der Waals surface area (Å²) in [5.41, 5.74) is 1.40. The van der Waals surface area contributed by atoms with Gasteiger partial charge in [-0.05, 0) is 42.9 Å². The third-order valence-corrected chi connectivity index (χ3v) is 8.54. The molecular weight excluding hydrogens is 492 g/mol. The normalized spacial score (nSPS) is 25.3. The number of hydrogen-bond donors (Lipinski definition) is 2. The van der Waals surface area contributed by atoms with Crippen LogP contribution >= 0.6 is 27.3 Å². The maximum atomic E-state index is 13.3. The lowest BCUT2D eigenvalue weighted by Crippen LogP contribution is -2.54. The number of nitrogens with one attached hydrogen (secondary N) is 2. The first kappa shape index (κ1) is 23.3. The van der Waals surface area contributed by atoms with E-state index in [4.69, 9.17) is 9.73 Å². The van der Waals surface area contributed by atoms with Gasteiger partial charge in [0.25, 0.3) is 0 Å². The number of alkyl carbamates (subject to hydrolysis) is 1. The molecular formula is C23H31BrN4O3S. The number of carbonyl (C=O) groups is 2. The summed E-state index contributed by atoms with van der Waals surface area (Å²) in [5.74, 6) is 1.23. The van der Waals surface area contributed by atoms with Crippen LogP contribution in [0.2, 0.25) is 0 Å². The molecule has 4 atom stereocenters. The van der Waals surface area contributed by atoms with E-state index < -0.39 is 12.1 Å². The van der Waals surface area contributed by atoms with Crippen molar-refractivity contribution in [2.24, 2.45) is 10.9 Å². The van der Waals surface area contributed by atoms with Gasteiger partial charge in [-0.25, -0.2) is 4.79 Å². The number of amidine groups is 1. The van der Waals surface area contributed by atoms with Gasteiger partial charge in [-0.2, -0.15) is 0 Å². The lowest BCUT2D eigenvalue weighted by Gasteiger charge is -2.31. The summed E-state index contributed by atoms with van der Waals surface area (Å²) in [7, 11) is 1.31. The lowest BCUT2D eigenvalue weighted by molar-refractivity contribution is -0.134. The quantitative estimate of drug-likeness (QED) is 0.579. The summed E-state index contributed by atoms with van der Waals surface area (Å²) in [6.07, 6.45) is 4.54. The lowest BCUT2D eigenvalue weighted by atomic mass is 10.0. The topological polar surface area (TPSA) is 83.0 Å². The molecule has 1 aliphatic carbocycles. The summed E-state index contributed by atoms with van der Waals surface area (Å²) in [5, 5.41) is 6.31. The minimum absolute atomic E-state index is 0.0403. The van der Waals surface area contributed by atoms with Crippen molar-refractivity contribution in [3.63, 3.8) is 0 Å². The first-order valence-corrected chi connectivity index (χ1v) is 12.9. The van der Waals surface area contributed by atoms with E-state index in [1.54, 1.807) is 0 Å². The molecule has 3 aliphatic rings. The molecule has 4 rings (SSSR count). The van der Waals surface area contributed by atoms with Crippen LogP contribution in [0.4, 0.5) is 4.79 Å². The zero-order chi connectivity index (χ0) is 23.0. The van der Waals surface area contributed by atoms with Crippen molar-refractivity contribution in [2.45, 2.75) is 64.1 Å². The number of aliphatic imine (C=N–C) groups is 1. The minimum atomic E-state index is -0.614. The molecule has 2 amide bonds. The average molecular weight is 523 g/mol. The zero-order valence-electron chi connectivity index (χ0n) is 19.0. The Kier molecular flexibility index (Phi) is 6.95. The van der Waals surface area contributed by atoms with Gasteiger partial charge in [0.15, 0.2) is 0 Å². The van der Waals surface area contributed by atoms with Gasteiger partial charge in [0.05, 0.1) is 25.7 Å². The zero-order valence-corrected chi connectivity index (χ0v) is 21.4. The van der Waals surface area contributed by atoms with E-state index >= 15 is 0 Å². The molecule has 2 aliphatic heterocycles. The van der Waals surface area contributed by atoms with Crippen LogP contribution in [0.5, 0.6) is 0 Å². The van der Waals surface area contributed by atoms with Gasteiger partial charge < -0.3 is 20.3 Å². The van der Waals surface area contributed by atoms with E-state index in [1.807, 2.05) is 30.1 Å². The Hall–Kier alpha value is -1.87. The highest BCUT2D eigenvalue weighted by atomic mass is 79.9. The van der Waals surface area contributed by atoms with Crippen molar-refractivity contribution >= 4 is 51.2 Å². The number of allylic oxidation sites excluding steroid dienone is 1. The van der Waals surface area contributed by atoms with Crippen molar-refractivity contribution in [1.29, 1.82) is 0 Å². The molecule has 7 nitrogen and oxygen atoms in total. The Labute approximate surface area is 201 Å². The van der Waals surface area contributed by atoms with Crippen LogP contribution in [0.1, 0.15) is 67.3 Å². The van der Waals surface area contributed by atoms with E-state index in [-0.39, 0.29) is 23.9 Å². The molecule has 0 radical (unpaired) electrons. The Morgan fingerprint density at radius 3 is 2.91 bits per heavy atom. The number of amides is 2. The van der Waals surface area contributed by atoms with Gasteiger partial charge in [-0.3, -0.25) is 9.79 Å². The third-order valence-electron chi connectivity index (χ3n) is 6.55. The largest absolute Gasteiger partial charge is 0.453 e. The fraction of sp³-hybridized carbons (Fsp3) is 0.609. The molecule has 1 aromatic rings. The van der Waals surface area contributed by atoms with Gasteiger partial charge in [0.1, 0.15) is 11.9 Å². The summed E-state index contributed by atoms with van der Waals surface area (Å²) >= 11 is 5.53. The monoisotopic (exact) mass is 522 g/mol. The number of halogens is 1. The number of carbonyl (C=O) groups excluding carboxylic acids is 2. The van der Waals surface area contributed by atoms with E-state index in [1.165, 1.54) is 26.9 Å². The molecule has 1 aromatic heterocycles. The predicted molar refractivity (Wildman–Crippen MR) is 131 cm³/mol. The minimum Gasteiger partial charge on any atom is -0.453 e. The second-order valence-electron chi connectivity index (χ2n) is 8.93. The van der Waals surface area contributed by atoms with Gasteiger partial charge in [-0.1, -0.05) is 36.7 Å². The third kappa shape index (κ3) is 4.33. The molecule has 0 saturated carbocycles. The van der Waals surface area contributed by atoms with Gasteiger partial charge in [0, 0.05) is 26.7 Å². The van der Waals surface area contributed by atoms with Crippen LogP contribution in [0.15, 0.2) is 15.5 Å². The molecule has 0 bridgehead atoms. The van der Waals surface area contributed by atoms with Crippen molar-refractivity contribution in [1.82, 2.24) is 15.5 Å². The number of hydrogen-bond acceptors (Lipinski definition) is 6. The molecule has 4 unspecified atom stereocenters. The average Bonchev–Trinajstić information content (AvgIpc) is 3.53. The molecule has 1 fully saturated rings. The number of likely N-dealkylation sites (tertiary alicyclic amines) is 1. The van der Waals surface area contributed by atoms with Crippen LogP contribution in [0.25, 0.3) is 6.08 Å².